The van der Waals surface area contributed by atoms with Crippen molar-refractivity contribution in [2.24, 2.45) is 0 Å². The van der Waals surface area contributed by atoms with Crippen LogP contribution in [0.15, 0.2) is 64.8 Å². The molecule has 1 aliphatic carbocycles. The van der Waals surface area contributed by atoms with E-state index in [2.05, 4.69) is 53.7 Å². The van der Waals surface area contributed by atoms with Gasteiger partial charge in [0.25, 0.3) is 5.56 Å². The molecule has 5 heterocycles. The molecule has 5 aromatic rings. The lowest BCUT2D eigenvalue weighted by Gasteiger charge is -2.31. The predicted octanol–water partition coefficient (Wildman–Crippen LogP) is 0.727. The molecular weight excluding hydrogens is 1050 g/mol. The van der Waals surface area contributed by atoms with Crippen molar-refractivity contribution in [3.05, 3.63) is 115 Å². The second-order valence-corrected chi connectivity index (χ2v) is 21.1. The summed E-state index contributed by atoms with van der Waals surface area (Å²) >= 11 is 6.70. The number of carbonyl (C=O) groups excluding carboxylic acids is 7. The highest BCUT2D eigenvalue weighted by Crippen LogP contribution is 2.46. The molecule has 3 aromatic heterocycles. The number of ether oxygens (including phenoxy) is 2. The summed E-state index contributed by atoms with van der Waals surface area (Å²) in [6, 6.07) is 10.4. The van der Waals surface area contributed by atoms with Crippen LogP contribution in [0.2, 0.25) is 5.02 Å². The molecule has 408 valence electrons. The summed E-state index contributed by atoms with van der Waals surface area (Å²) < 4.78 is 35.3. The van der Waals surface area contributed by atoms with E-state index in [1.807, 2.05) is 6.92 Å². The Morgan fingerprint density at radius 2 is 1.64 bits per heavy atom. The van der Waals surface area contributed by atoms with Crippen molar-refractivity contribution >= 4 is 73.8 Å². The highest BCUT2D eigenvalue weighted by atomic mass is 35.5. The standard InChI is InChI=1S/C53H55ClN10O13S/c1-4-53(73)35-18-40-48-33(25-64(40)50(71)34(35)26-77-51(53)72)47-37(16-15-32-29(2)36(54)19-38(63-48)46(32)47)61-45(69)27-76-28-60-43(67)23-57-49(70)39(17-30-11-7-5-8-12-30)62-44(68)24-56-42(66)22-55-41(65)14-10-6-9-13-31-20-58-52(59-21-31)78(3,74)75/h5,7-8,11-12,18-21,37,39,73H,4,6,10,14-17,22-28H2,1-3H3,(H,55,65)(H,56,66)(H,57,70)(H,60,67)(H,61,69)(H,62,68)/t37-,39+,53+/m1/s1. The van der Waals surface area contributed by atoms with Gasteiger partial charge in [-0.25, -0.2) is 28.2 Å². The number of nitrogens with one attached hydrogen (secondary N) is 6. The molecule has 0 unspecified atom stereocenters. The van der Waals surface area contributed by atoms with Crippen molar-refractivity contribution in [1.29, 1.82) is 0 Å². The van der Waals surface area contributed by atoms with Crippen molar-refractivity contribution in [2.75, 3.05) is 39.2 Å². The lowest BCUT2D eigenvalue weighted by molar-refractivity contribution is -0.172. The molecule has 8 rings (SSSR count). The Morgan fingerprint density at radius 3 is 2.37 bits per heavy atom. The van der Waals surface area contributed by atoms with Crippen LogP contribution in [-0.2, 0) is 84.5 Å². The summed E-state index contributed by atoms with van der Waals surface area (Å²) in [5, 5.41) is 27.8. The van der Waals surface area contributed by atoms with Crippen LogP contribution in [0.3, 0.4) is 0 Å². The maximum Gasteiger partial charge on any atom is 0.343 e. The number of nitrogens with zero attached hydrogens (tertiary/aromatic N) is 4. The number of halogens is 1. The third-order valence-electron chi connectivity index (χ3n) is 13.5. The van der Waals surface area contributed by atoms with E-state index in [-0.39, 0.29) is 48.7 Å². The van der Waals surface area contributed by atoms with Crippen molar-refractivity contribution in [3.8, 4) is 23.2 Å². The molecule has 0 spiro atoms. The largest absolute Gasteiger partial charge is 0.458 e. The first-order valence-electron chi connectivity index (χ1n) is 24.9. The highest BCUT2D eigenvalue weighted by molar-refractivity contribution is 7.90. The van der Waals surface area contributed by atoms with Gasteiger partial charge >= 0.3 is 5.97 Å². The van der Waals surface area contributed by atoms with E-state index in [0.29, 0.717) is 64.3 Å². The van der Waals surface area contributed by atoms with Gasteiger partial charge in [0.15, 0.2) is 5.60 Å². The third kappa shape index (κ3) is 12.7. The number of hydrogen-bond acceptors (Lipinski definition) is 16. The SMILES string of the molecule is CC[C@@]1(O)C(=O)OCc2c1cc1n(c2=O)Cc2c-1nc1cc(Cl)c(C)c3c1c2[C@H](NC(=O)COCNC(=O)CNC(=O)[C@H](Cc1ccccc1)NC(=O)CNC(=O)CNC(=O)CCCC#Cc1cnc(S(C)(=O)=O)nc1)CC3. The minimum absolute atomic E-state index is 0.0206. The molecule has 25 heteroatoms. The number of esters is 1. The maximum atomic E-state index is 14.0. The Morgan fingerprint density at radius 1 is 0.936 bits per heavy atom. The van der Waals surface area contributed by atoms with Gasteiger partial charge in [-0.2, -0.15) is 0 Å². The summed E-state index contributed by atoms with van der Waals surface area (Å²) in [6.45, 7) is 1.04. The van der Waals surface area contributed by atoms with Crippen LogP contribution in [-0.4, -0.2) is 120 Å². The van der Waals surface area contributed by atoms with Gasteiger partial charge in [-0.1, -0.05) is 60.7 Å². The number of sulfone groups is 1. The van der Waals surface area contributed by atoms with E-state index < -0.39 is 107 Å². The van der Waals surface area contributed by atoms with Gasteiger partial charge in [0, 0.05) is 59.4 Å². The topological polar surface area (TPSA) is 325 Å². The summed E-state index contributed by atoms with van der Waals surface area (Å²) in [4.78, 5) is 117. The van der Waals surface area contributed by atoms with Gasteiger partial charge in [0.05, 0.1) is 60.3 Å². The molecule has 2 aliphatic heterocycles. The summed E-state index contributed by atoms with van der Waals surface area (Å²) in [5.41, 5.74) is 3.68. The monoisotopic (exact) mass is 1110 g/mol. The number of amides is 6. The van der Waals surface area contributed by atoms with E-state index in [0.717, 1.165) is 28.3 Å². The van der Waals surface area contributed by atoms with Gasteiger partial charge in [-0.15, -0.1) is 0 Å². The van der Waals surface area contributed by atoms with Crippen molar-refractivity contribution in [1.82, 2.24) is 51.4 Å². The molecule has 6 amide bonds. The Balaban J connectivity index is 0.798. The molecule has 78 heavy (non-hydrogen) atoms. The lowest BCUT2D eigenvalue weighted by atomic mass is 9.81. The van der Waals surface area contributed by atoms with E-state index >= 15 is 0 Å². The minimum Gasteiger partial charge on any atom is -0.458 e. The molecule has 0 saturated heterocycles. The van der Waals surface area contributed by atoms with Gasteiger partial charge < -0.3 is 51.0 Å². The summed E-state index contributed by atoms with van der Waals surface area (Å²) in [6.07, 6.45) is 5.34. The number of benzene rings is 2. The van der Waals surface area contributed by atoms with E-state index in [4.69, 9.17) is 26.1 Å². The van der Waals surface area contributed by atoms with Crippen molar-refractivity contribution in [2.45, 2.75) is 94.8 Å². The first-order chi connectivity index (χ1) is 37.2. The van der Waals surface area contributed by atoms with Crippen molar-refractivity contribution in [3.63, 3.8) is 0 Å². The zero-order chi connectivity index (χ0) is 55.9. The molecule has 3 aliphatic rings. The normalized spacial score (nSPS) is 16.2. The molecule has 23 nitrogen and oxygen atoms in total. The van der Waals surface area contributed by atoms with Gasteiger partial charge in [-0.05, 0) is 67.0 Å². The van der Waals surface area contributed by atoms with Gasteiger partial charge in [0.1, 0.15) is 26.0 Å². The molecule has 7 N–H and O–H groups in total. The Bertz CT molecular complexity index is 3490. The number of carbonyl (C=O) groups is 7. The van der Waals surface area contributed by atoms with Crippen LogP contribution in [0.25, 0.3) is 22.3 Å². The number of aryl methyl sites for hydroxylation is 1. The first kappa shape index (κ1) is 56.1. The number of rotatable bonds is 20. The molecule has 0 bridgehead atoms. The quantitative estimate of drug-likeness (QED) is 0.0182. The summed E-state index contributed by atoms with van der Waals surface area (Å²) in [5.74, 6) is 1.10. The van der Waals surface area contributed by atoms with Gasteiger partial charge in [0.2, 0.25) is 50.4 Å². The number of pyridine rings is 2. The first-order valence-corrected chi connectivity index (χ1v) is 27.1. The Hall–Kier alpha value is -8.11. The summed E-state index contributed by atoms with van der Waals surface area (Å²) in [7, 11) is -3.54. The number of fused-ring (bicyclic) bond motifs is 5. The fourth-order valence-corrected chi connectivity index (χ4v) is 10.2. The van der Waals surface area contributed by atoms with Crippen LogP contribution < -0.4 is 37.5 Å². The molecule has 0 fully saturated rings. The third-order valence-corrected chi connectivity index (χ3v) is 14.7. The average molecular weight is 1110 g/mol. The fourth-order valence-electron chi connectivity index (χ4n) is 9.45. The van der Waals surface area contributed by atoms with Crippen LogP contribution in [0, 0.1) is 18.8 Å². The number of cyclic esters (lactones) is 1. The second kappa shape index (κ2) is 24.1. The maximum absolute atomic E-state index is 14.0. The Labute approximate surface area is 451 Å². The molecule has 2 aromatic carbocycles. The van der Waals surface area contributed by atoms with E-state index in [9.17, 15) is 51.9 Å². The second-order valence-electron chi connectivity index (χ2n) is 18.8. The van der Waals surface area contributed by atoms with Gasteiger partial charge in [-0.3, -0.25) is 33.6 Å². The number of aliphatic hydroxyl groups is 1. The zero-order valence-electron chi connectivity index (χ0n) is 42.7. The predicted molar refractivity (Wildman–Crippen MR) is 279 cm³/mol. The van der Waals surface area contributed by atoms with Crippen molar-refractivity contribution < 1.29 is 56.6 Å². The molecule has 0 radical (unpaired) electrons. The zero-order valence-corrected chi connectivity index (χ0v) is 44.2. The smallest absolute Gasteiger partial charge is 0.343 e. The lowest BCUT2D eigenvalue weighted by Crippen LogP contribution is -2.52. The van der Waals surface area contributed by atoms with E-state index in [1.165, 1.54) is 17.0 Å². The van der Waals surface area contributed by atoms with Crippen LogP contribution >= 0.6 is 11.6 Å². The Kier molecular flexibility index (Phi) is 17.3. The fraction of sp³-hybridized carbons (Fsp3) is 0.377. The molecular formula is C53H55ClN10O13S. The minimum atomic E-state index is -3.54. The van der Waals surface area contributed by atoms with Crippen LogP contribution in [0.4, 0.5) is 0 Å². The van der Waals surface area contributed by atoms with Crippen LogP contribution in [0.1, 0.15) is 89.6 Å². The molecule has 0 saturated carbocycles. The highest BCUT2D eigenvalue weighted by Gasteiger charge is 2.46. The number of hydrogen-bond donors (Lipinski definition) is 7. The molecule has 3 atom stereocenters. The van der Waals surface area contributed by atoms with E-state index in [1.54, 1.807) is 49.4 Å². The number of aromatic nitrogens is 4. The average Bonchev–Trinajstić information content (AvgIpc) is 3.87. The number of unbranched alkanes of at least 4 members (excludes halogenated alkanes) is 1. The van der Waals surface area contributed by atoms with Crippen LogP contribution in [0.5, 0.6) is 0 Å².